The van der Waals surface area contributed by atoms with Crippen molar-refractivity contribution in [3.05, 3.63) is 66.4 Å². The van der Waals surface area contributed by atoms with Gasteiger partial charge in [-0.05, 0) is 53.4 Å². The topological polar surface area (TPSA) is 26.0 Å². The van der Waals surface area contributed by atoms with E-state index < -0.39 is 0 Å². The molecule has 0 N–H and O–H groups in total. The summed E-state index contributed by atoms with van der Waals surface area (Å²) in [5.41, 5.74) is 5.39. The third-order valence-corrected chi connectivity index (χ3v) is 4.30. The summed E-state index contributed by atoms with van der Waals surface area (Å²) < 4.78 is 5.99. The molecule has 2 heteroatoms. The number of pyridine rings is 1. The molecule has 114 valence electrons. The number of fused-ring (bicyclic) bond motifs is 3. The third kappa shape index (κ3) is 2.40. The first-order chi connectivity index (χ1) is 11.0. The number of hydrogen-bond acceptors (Lipinski definition) is 2. The lowest BCUT2D eigenvalue weighted by Crippen LogP contribution is -2.10. The lowest BCUT2D eigenvalue weighted by atomic mass is 9.86. The van der Waals surface area contributed by atoms with E-state index in [9.17, 15) is 0 Å². The minimum absolute atomic E-state index is 0.121. The van der Waals surface area contributed by atoms with E-state index in [-0.39, 0.29) is 5.41 Å². The predicted octanol–water partition coefficient (Wildman–Crippen LogP) is 5.95. The molecule has 0 spiro atoms. The van der Waals surface area contributed by atoms with Crippen molar-refractivity contribution in [2.45, 2.75) is 26.2 Å². The third-order valence-electron chi connectivity index (χ3n) is 4.30. The first-order valence-electron chi connectivity index (χ1n) is 7.90. The fraction of sp³-hybridized carbons (Fsp3) is 0.190. The smallest absolute Gasteiger partial charge is 0.135 e. The van der Waals surface area contributed by atoms with Crippen molar-refractivity contribution in [2.75, 3.05) is 0 Å². The summed E-state index contributed by atoms with van der Waals surface area (Å²) in [4.78, 5) is 4.45. The zero-order valence-corrected chi connectivity index (χ0v) is 13.6. The van der Waals surface area contributed by atoms with Crippen LogP contribution in [0.5, 0.6) is 0 Å². The van der Waals surface area contributed by atoms with Crippen molar-refractivity contribution in [1.29, 1.82) is 0 Å². The van der Waals surface area contributed by atoms with Gasteiger partial charge in [-0.2, -0.15) is 0 Å². The van der Waals surface area contributed by atoms with Gasteiger partial charge in [-0.3, -0.25) is 4.98 Å². The van der Waals surface area contributed by atoms with Crippen LogP contribution in [-0.2, 0) is 5.41 Å². The second-order valence-corrected chi connectivity index (χ2v) is 6.99. The molecule has 0 amide bonds. The van der Waals surface area contributed by atoms with Crippen LogP contribution in [0.4, 0.5) is 0 Å². The highest BCUT2D eigenvalue weighted by Crippen LogP contribution is 2.34. The fourth-order valence-corrected chi connectivity index (χ4v) is 2.94. The first kappa shape index (κ1) is 14.0. The van der Waals surface area contributed by atoms with Gasteiger partial charge in [0.15, 0.2) is 0 Å². The molecule has 0 saturated carbocycles. The summed E-state index contributed by atoms with van der Waals surface area (Å²) in [6, 6.07) is 18.8. The molecule has 0 saturated heterocycles. The van der Waals surface area contributed by atoms with Crippen molar-refractivity contribution in [3.8, 4) is 11.3 Å². The summed E-state index contributed by atoms with van der Waals surface area (Å²) >= 11 is 0. The van der Waals surface area contributed by atoms with E-state index in [1.165, 1.54) is 10.9 Å². The van der Waals surface area contributed by atoms with E-state index in [0.717, 1.165) is 27.8 Å². The minimum atomic E-state index is 0.121. The second-order valence-electron chi connectivity index (χ2n) is 6.99. The van der Waals surface area contributed by atoms with Crippen molar-refractivity contribution < 1.29 is 4.42 Å². The summed E-state index contributed by atoms with van der Waals surface area (Å²) in [6.07, 6.45) is 1.82. The highest BCUT2D eigenvalue weighted by Gasteiger charge is 2.16. The van der Waals surface area contributed by atoms with Crippen LogP contribution in [0.2, 0.25) is 0 Å². The zero-order chi connectivity index (χ0) is 16.0. The van der Waals surface area contributed by atoms with Crippen LogP contribution in [0.25, 0.3) is 33.2 Å². The Labute approximate surface area is 135 Å². The van der Waals surface area contributed by atoms with Gasteiger partial charge in [0.2, 0.25) is 0 Å². The van der Waals surface area contributed by atoms with E-state index in [4.69, 9.17) is 4.42 Å². The first-order valence-corrected chi connectivity index (χ1v) is 7.90. The zero-order valence-electron chi connectivity index (χ0n) is 13.6. The van der Waals surface area contributed by atoms with E-state index in [1.54, 1.807) is 0 Å². The van der Waals surface area contributed by atoms with Crippen molar-refractivity contribution in [2.24, 2.45) is 0 Å². The van der Waals surface area contributed by atoms with Gasteiger partial charge < -0.3 is 4.42 Å². The van der Waals surface area contributed by atoms with Gasteiger partial charge in [0.05, 0.1) is 5.69 Å². The van der Waals surface area contributed by atoms with Crippen LogP contribution in [0, 0.1) is 0 Å². The number of rotatable bonds is 1. The number of hydrogen-bond donors (Lipinski definition) is 0. The van der Waals surface area contributed by atoms with Crippen LogP contribution >= 0.6 is 0 Å². The molecule has 2 aromatic carbocycles. The average molecular weight is 301 g/mol. The Kier molecular flexibility index (Phi) is 3.02. The lowest BCUT2D eigenvalue weighted by molar-refractivity contribution is 0.590. The Hall–Kier alpha value is -2.61. The highest BCUT2D eigenvalue weighted by molar-refractivity contribution is 6.06. The average Bonchev–Trinajstić information content (AvgIpc) is 2.92. The van der Waals surface area contributed by atoms with Crippen LogP contribution in [0.15, 0.2) is 65.2 Å². The van der Waals surface area contributed by atoms with Gasteiger partial charge in [-0.1, -0.05) is 32.9 Å². The Balaban J connectivity index is 1.97. The van der Waals surface area contributed by atoms with Crippen LogP contribution < -0.4 is 0 Å². The maximum atomic E-state index is 5.99. The minimum Gasteiger partial charge on any atom is -0.456 e. The molecule has 0 fully saturated rings. The molecular weight excluding hydrogens is 282 g/mol. The fourth-order valence-electron chi connectivity index (χ4n) is 2.94. The molecular formula is C21H19NO. The van der Waals surface area contributed by atoms with E-state index in [1.807, 2.05) is 30.5 Å². The van der Waals surface area contributed by atoms with Crippen molar-refractivity contribution >= 4 is 21.9 Å². The maximum Gasteiger partial charge on any atom is 0.135 e. The standard InChI is InChI=1S/C21H19NO/c1-21(2,3)15-8-10-20-17(13-15)16-12-14(7-9-19(16)23-20)18-6-4-5-11-22-18/h4-13H,1-3H3. The molecule has 0 aliphatic rings. The number of furan rings is 1. The van der Waals surface area contributed by atoms with Crippen LogP contribution in [0.3, 0.4) is 0 Å². The molecule has 2 nitrogen and oxygen atoms in total. The van der Waals surface area contributed by atoms with Gasteiger partial charge in [0.25, 0.3) is 0 Å². The van der Waals surface area contributed by atoms with Crippen molar-refractivity contribution in [1.82, 2.24) is 4.98 Å². The van der Waals surface area contributed by atoms with Crippen LogP contribution in [0.1, 0.15) is 26.3 Å². The molecule has 0 aliphatic carbocycles. The lowest BCUT2D eigenvalue weighted by Gasteiger charge is -2.18. The molecule has 0 aliphatic heterocycles. The molecule has 0 radical (unpaired) electrons. The normalized spacial score (nSPS) is 12.1. The van der Waals surface area contributed by atoms with E-state index in [2.05, 4.69) is 56.1 Å². The molecule has 4 aromatic rings. The molecule has 4 rings (SSSR count). The van der Waals surface area contributed by atoms with Gasteiger partial charge in [0, 0.05) is 22.5 Å². The monoisotopic (exact) mass is 301 g/mol. The van der Waals surface area contributed by atoms with Gasteiger partial charge in [-0.15, -0.1) is 0 Å². The summed E-state index contributed by atoms with van der Waals surface area (Å²) in [7, 11) is 0. The molecule has 2 heterocycles. The van der Waals surface area contributed by atoms with E-state index >= 15 is 0 Å². The van der Waals surface area contributed by atoms with Gasteiger partial charge >= 0.3 is 0 Å². The molecule has 0 bridgehead atoms. The maximum absolute atomic E-state index is 5.99. The second kappa shape index (κ2) is 4.95. The molecule has 23 heavy (non-hydrogen) atoms. The highest BCUT2D eigenvalue weighted by atomic mass is 16.3. The van der Waals surface area contributed by atoms with Crippen molar-refractivity contribution in [3.63, 3.8) is 0 Å². The number of nitrogens with zero attached hydrogens (tertiary/aromatic N) is 1. The summed E-state index contributed by atoms with van der Waals surface area (Å²) in [5, 5.41) is 2.32. The number of aromatic nitrogens is 1. The molecule has 0 unspecified atom stereocenters. The Morgan fingerprint density at radius 1 is 0.826 bits per heavy atom. The predicted molar refractivity (Wildman–Crippen MR) is 95.7 cm³/mol. The SMILES string of the molecule is CC(C)(C)c1ccc2oc3ccc(-c4ccccn4)cc3c2c1. The number of benzene rings is 2. The molecule has 0 atom stereocenters. The summed E-state index contributed by atoms with van der Waals surface area (Å²) in [5.74, 6) is 0. The molecule has 2 aromatic heterocycles. The Morgan fingerprint density at radius 2 is 1.57 bits per heavy atom. The Morgan fingerprint density at radius 3 is 2.26 bits per heavy atom. The van der Waals surface area contributed by atoms with Crippen LogP contribution in [-0.4, -0.2) is 4.98 Å². The Bertz CT molecular complexity index is 991. The quantitative estimate of drug-likeness (QED) is 0.434. The van der Waals surface area contributed by atoms with Gasteiger partial charge in [-0.25, -0.2) is 0 Å². The van der Waals surface area contributed by atoms with Gasteiger partial charge in [0.1, 0.15) is 11.2 Å². The largest absolute Gasteiger partial charge is 0.456 e. The summed E-state index contributed by atoms with van der Waals surface area (Å²) in [6.45, 7) is 6.70. The van der Waals surface area contributed by atoms with E-state index in [0.29, 0.717) is 0 Å².